The fraction of sp³-hybridized carbons (Fsp3) is 0.375. The highest BCUT2D eigenvalue weighted by atomic mass is 127. The third-order valence-corrected chi connectivity index (χ3v) is 3.81. The summed E-state index contributed by atoms with van der Waals surface area (Å²) in [4.78, 5) is 21.6. The van der Waals surface area contributed by atoms with E-state index >= 15 is 0 Å². The summed E-state index contributed by atoms with van der Waals surface area (Å²) in [7, 11) is 0. The van der Waals surface area contributed by atoms with Crippen molar-refractivity contribution < 1.29 is 0 Å². The van der Waals surface area contributed by atoms with Gasteiger partial charge in [0.05, 0.1) is 0 Å². The first kappa shape index (κ1) is 18.4. The van der Waals surface area contributed by atoms with Gasteiger partial charge in [0, 0.05) is 63.4 Å². The Labute approximate surface area is 159 Å². The first-order chi connectivity index (χ1) is 11.3. The van der Waals surface area contributed by atoms with Gasteiger partial charge >= 0.3 is 0 Å². The molecule has 0 bridgehead atoms. The van der Waals surface area contributed by atoms with Crippen LogP contribution >= 0.6 is 24.0 Å². The van der Waals surface area contributed by atoms with Crippen LogP contribution in [0.3, 0.4) is 0 Å². The second-order valence-electron chi connectivity index (χ2n) is 5.33. The predicted octanol–water partition coefficient (Wildman–Crippen LogP) is 1.17. The number of anilines is 1. The molecule has 24 heavy (non-hydrogen) atoms. The standard InChI is InChI=1S/C16H21N7.HI/c17-15(19-9-5-14-4-1-2-6-18-14)22-10-12-23(13-11-22)16-20-7-3-8-21-16;/h1-4,6-8H,5,9-13H2,(H2,17,19);1H. The van der Waals surface area contributed by atoms with Crippen LogP contribution in [0.2, 0.25) is 0 Å². The molecular weight excluding hydrogens is 417 g/mol. The number of piperazine rings is 1. The zero-order chi connectivity index (χ0) is 15.9. The first-order valence-electron chi connectivity index (χ1n) is 7.79. The van der Waals surface area contributed by atoms with Gasteiger partial charge in [0.25, 0.3) is 0 Å². The van der Waals surface area contributed by atoms with Gasteiger partial charge in [0.2, 0.25) is 5.95 Å². The van der Waals surface area contributed by atoms with Crippen molar-refractivity contribution in [2.75, 3.05) is 37.6 Å². The average molecular weight is 439 g/mol. The molecule has 1 aliphatic heterocycles. The second-order valence-corrected chi connectivity index (χ2v) is 5.33. The number of hydrogen-bond acceptors (Lipinski definition) is 5. The molecule has 0 aromatic carbocycles. The molecule has 3 rings (SSSR count). The minimum absolute atomic E-state index is 0. The molecule has 2 N–H and O–H groups in total. The normalized spacial score (nSPS) is 15.1. The smallest absolute Gasteiger partial charge is 0.225 e. The number of rotatable bonds is 4. The zero-order valence-electron chi connectivity index (χ0n) is 13.5. The number of guanidine groups is 1. The zero-order valence-corrected chi connectivity index (χ0v) is 15.8. The Morgan fingerprint density at radius 3 is 2.38 bits per heavy atom. The van der Waals surface area contributed by atoms with Gasteiger partial charge in [-0.2, -0.15) is 0 Å². The molecule has 8 heteroatoms. The van der Waals surface area contributed by atoms with Crippen LogP contribution in [0.4, 0.5) is 5.95 Å². The minimum Gasteiger partial charge on any atom is -0.370 e. The Morgan fingerprint density at radius 2 is 1.71 bits per heavy atom. The van der Waals surface area contributed by atoms with E-state index in [1.54, 1.807) is 18.6 Å². The molecule has 1 fully saturated rings. The van der Waals surface area contributed by atoms with Crippen LogP contribution in [0.1, 0.15) is 5.69 Å². The molecule has 2 aromatic rings. The summed E-state index contributed by atoms with van der Waals surface area (Å²) < 4.78 is 0. The van der Waals surface area contributed by atoms with Gasteiger partial charge in [-0.25, -0.2) is 9.97 Å². The Hall–Kier alpha value is -1.97. The SMILES string of the molecule is I.NC(=NCCc1ccccn1)N1CCN(c2ncccn2)CC1. The number of pyridine rings is 1. The quantitative estimate of drug-likeness (QED) is 0.438. The number of nitrogens with zero attached hydrogens (tertiary/aromatic N) is 6. The molecule has 0 radical (unpaired) electrons. The molecule has 3 heterocycles. The van der Waals surface area contributed by atoms with Crippen LogP contribution in [0.25, 0.3) is 0 Å². The highest BCUT2D eigenvalue weighted by molar-refractivity contribution is 14.0. The largest absolute Gasteiger partial charge is 0.370 e. The number of halogens is 1. The van der Waals surface area contributed by atoms with E-state index in [4.69, 9.17) is 5.73 Å². The van der Waals surface area contributed by atoms with E-state index in [0.29, 0.717) is 12.5 Å². The minimum atomic E-state index is 0. The lowest BCUT2D eigenvalue weighted by molar-refractivity contribution is 0.378. The van der Waals surface area contributed by atoms with Crippen LogP contribution in [-0.4, -0.2) is 58.5 Å². The maximum atomic E-state index is 6.10. The van der Waals surface area contributed by atoms with Crippen molar-refractivity contribution >= 4 is 35.9 Å². The van der Waals surface area contributed by atoms with Crippen LogP contribution in [0, 0.1) is 0 Å². The van der Waals surface area contributed by atoms with Gasteiger partial charge in [-0.05, 0) is 18.2 Å². The second kappa shape index (κ2) is 9.36. The van der Waals surface area contributed by atoms with E-state index in [2.05, 4.69) is 29.7 Å². The van der Waals surface area contributed by atoms with Crippen molar-refractivity contribution in [3.8, 4) is 0 Å². The van der Waals surface area contributed by atoms with E-state index < -0.39 is 0 Å². The van der Waals surface area contributed by atoms with Gasteiger partial charge in [-0.15, -0.1) is 24.0 Å². The van der Waals surface area contributed by atoms with Crippen molar-refractivity contribution in [2.24, 2.45) is 10.7 Å². The molecule has 2 aromatic heterocycles. The topological polar surface area (TPSA) is 83.5 Å². The van der Waals surface area contributed by atoms with E-state index in [9.17, 15) is 0 Å². The van der Waals surface area contributed by atoms with Crippen molar-refractivity contribution in [1.29, 1.82) is 0 Å². The molecule has 0 unspecified atom stereocenters. The molecule has 1 aliphatic rings. The Bertz CT molecular complexity index is 627. The van der Waals surface area contributed by atoms with Crippen molar-refractivity contribution in [1.82, 2.24) is 19.9 Å². The monoisotopic (exact) mass is 439 g/mol. The molecule has 0 spiro atoms. The first-order valence-corrected chi connectivity index (χ1v) is 7.79. The van der Waals surface area contributed by atoms with Crippen LogP contribution in [-0.2, 0) is 6.42 Å². The fourth-order valence-corrected chi connectivity index (χ4v) is 2.52. The molecular formula is C16H22IN7. The Morgan fingerprint density at radius 1 is 1.00 bits per heavy atom. The van der Waals surface area contributed by atoms with Gasteiger partial charge in [-0.3, -0.25) is 9.98 Å². The highest BCUT2D eigenvalue weighted by Gasteiger charge is 2.19. The summed E-state index contributed by atoms with van der Waals surface area (Å²) in [6.07, 6.45) is 6.14. The lowest BCUT2D eigenvalue weighted by atomic mass is 10.3. The van der Waals surface area contributed by atoms with Crippen LogP contribution in [0.15, 0.2) is 47.8 Å². The maximum absolute atomic E-state index is 6.10. The Balaban J connectivity index is 0.00000208. The van der Waals surface area contributed by atoms with E-state index in [1.807, 2.05) is 24.3 Å². The summed E-state index contributed by atoms with van der Waals surface area (Å²) >= 11 is 0. The molecule has 0 amide bonds. The summed E-state index contributed by atoms with van der Waals surface area (Å²) in [5, 5.41) is 0. The maximum Gasteiger partial charge on any atom is 0.225 e. The summed E-state index contributed by atoms with van der Waals surface area (Å²) in [5.41, 5.74) is 7.14. The number of aliphatic imine (C=N–C) groups is 1. The number of aromatic nitrogens is 3. The lowest BCUT2D eigenvalue weighted by Crippen LogP contribution is -2.51. The fourth-order valence-electron chi connectivity index (χ4n) is 2.52. The molecule has 128 valence electrons. The van der Waals surface area contributed by atoms with Crippen molar-refractivity contribution in [3.63, 3.8) is 0 Å². The van der Waals surface area contributed by atoms with Crippen LogP contribution in [0.5, 0.6) is 0 Å². The van der Waals surface area contributed by atoms with Gasteiger partial charge in [0.1, 0.15) is 0 Å². The number of hydrogen-bond donors (Lipinski definition) is 1. The molecule has 7 nitrogen and oxygen atoms in total. The summed E-state index contributed by atoms with van der Waals surface area (Å²) in [6, 6.07) is 7.73. The molecule has 0 atom stereocenters. The third-order valence-electron chi connectivity index (χ3n) is 3.81. The van der Waals surface area contributed by atoms with E-state index in [0.717, 1.165) is 44.2 Å². The predicted molar refractivity (Wildman–Crippen MR) is 106 cm³/mol. The van der Waals surface area contributed by atoms with Gasteiger partial charge in [0.15, 0.2) is 5.96 Å². The summed E-state index contributed by atoms with van der Waals surface area (Å²) in [5.74, 6) is 1.38. The third kappa shape index (κ3) is 5.02. The average Bonchev–Trinajstić information content (AvgIpc) is 2.63. The number of nitrogens with two attached hydrogens (primary N) is 1. The van der Waals surface area contributed by atoms with Gasteiger partial charge in [-0.1, -0.05) is 6.07 Å². The summed E-state index contributed by atoms with van der Waals surface area (Å²) in [6.45, 7) is 4.01. The molecule has 0 saturated carbocycles. The van der Waals surface area contributed by atoms with E-state index in [1.165, 1.54) is 0 Å². The highest BCUT2D eigenvalue weighted by Crippen LogP contribution is 2.09. The molecule has 1 saturated heterocycles. The van der Waals surface area contributed by atoms with Crippen molar-refractivity contribution in [3.05, 3.63) is 48.5 Å². The van der Waals surface area contributed by atoms with E-state index in [-0.39, 0.29) is 24.0 Å². The Kier molecular flexibility index (Phi) is 7.16. The van der Waals surface area contributed by atoms with Gasteiger partial charge < -0.3 is 15.5 Å². The van der Waals surface area contributed by atoms with Crippen LogP contribution < -0.4 is 10.6 Å². The van der Waals surface area contributed by atoms with Crippen molar-refractivity contribution in [2.45, 2.75) is 6.42 Å². The lowest BCUT2D eigenvalue weighted by Gasteiger charge is -2.35. The molecule has 0 aliphatic carbocycles.